The molecule has 0 unspecified atom stereocenters. The zero-order chi connectivity index (χ0) is 11.8. The Labute approximate surface area is 101 Å². The molecule has 1 aromatic heterocycles. The maximum absolute atomic E-state index is 11.3. The zero-order valence-corrected chi connectivity index (χ0v) is 10.6. The summed E-state index contributed by atoms with van der Waals surface area (Å²) in [6.07, 6.45) is 5.44. The maximum Gasteiger partial charge on any atom is 0.240 e. The van der Waals surface area contributed by atoms with Gasteiger partial charge in [0.05, 0.1) is 6.21 Å². The molecule has 1 heterocycles. The van der Waals surface area contributed by atoms with Gasteiger partial charge in [-0.2, -0.15) is 5.10 Å². The van der Waals surface area contributed by atoms with E-state index in [9.17, 15) is 4.79 Å². The van der Waals surface area contributed by atoms with Gasteiger partial charge >= 0.3 is 0 Å². The van der Waals surface area contributed by atoms with Crippen molar-refractivity contribution in [3.05, 3.63) is 21.9 Å². The number of carbonyl (C=O) groups excluding carboxylic acids is 1. The quantitative estimate of drug-likeness (QED) is 0.462. The summed E-state index contributed by atoms with van der Waals surface area (Å²) < 4.78 is 0. The van der Waals surface area contributed by atoms with Crippen LogP contribution in [0.1, 0.15) is 43.0 Å². The van der Waals surface area contributed by atoms with Crippen molar-refractivity contribution in [2.75, 3.05) is 0 Å². The monoisotopic (exact) mass is 238 g/mol. The summed E-state index contributed by atoms with van der Waals surface area (Å²) >= 11 is 1.62. The van der Waals surface area contributed by atoms with Crippen LogP contribution < -0.4 is 5.43 Å². The van der Waals surface area contributed by atoms with E-state index in [4.69, 9.17) is 0 Å². The lowest BCUT2D eigenvalue weighted by Gasteiger charge is -1.98. The fourth-order valence-corrected chi connectivity index (χ4v) is 2.06. The SMILES string of the molecule is CCCCCC(=O)N/N=C/c1sccc1C. The molecule has 0 aliphatic carbocycles. The zero-order valence-electron chi connectivity index (χ0n) is 9.82. The average molecular weight is 238 g/mol. The molecule has 0 aliphatic heterocycles. The molecule has 0 saturated carbocycles. The Morgan fingerprint density at radius 1 is 1.56 bits per heavy atom. The third-order valence-electron chi connectivity index (χ3n) is 2.28. The molecule has 1 rings (SSSR count). The van der Waals surface area contributed by atoms with Gasteiger partial charge in [0.15, 0.2) is 0 Å². The van der Waals surface area contributed by atoms with E-state index in [1.165, 1.54) is 5.56 Å². The number of unbranched alkanes of at least 4 members (excludes halogenated alkanes) is 2. The van der Waals surface area contributed by atoms with E-state index in [1.807, 2.05) is 18.4 Å². The van der Waals surface area contributed by atoms with Crippen LogP contribution in [0, 0.1) is 6.92 Å². The second kappa shape index (κ2) is 7.17. The predicted molar refractivity (Wildman–Crippen MR) is 68.9 cm³/mol. The normalized spacial score (nSPS) is 10.9. The number of nitrogens with zero attached hydrogens (tertiary/aromatic N) is 1. The molecule has 1 amide bonds. The molecule has 0 aromatic carbocycles. The summed E-state index contributed by atoms with van der Waals surface area (Å²) in [4.78, 5) is 12.4. The van der Waals surface area contributed by atoms with Gasteiger partial charge in [0.1, 0.15) is 0 Å². The van der Waals surface area contributed by atoms with Crippen molar-refractivity contribution in [3.8, 4) is 0 Å². The average Bonchev–Trinajstić information content (AvgIpc) is 2.65. The van der Waals surface area contributed by atoms with Crippen LogP contribution in [-0.4, -0.2) is 12.1 Å². The first-order valence-electron chi connectivity index (χ1n) is 5.60. The standard InChI is InChI=1S/C12H18N2OS/c1-3-4-5-6-12(15)14-13-9-11-10(2)7-8-16-11/h7-9H,3-6H2,1-2H3,(H,14,15)/b13-9+. The lowest BCUT2D eigenvalue weighted by Crippen LogP contribution is -2.16. The highest BCUT2D eigenvalue weighted by atomic mass is 32.1. The number of amides is 1. The molecule has 3 nitrogen and oxygen atoms in total. The first-order valence-corrected chi connectivity index (χ1v) is 6.48. The molecule has 0 fully saturated rings. The molecule has 0 atom stereocenters. The third kappa shape index (κ3) is 4.57. The third-order valence-corrected chi connectivity index (χ3v) is 3.23. The van der Waals surface area contributed by atoms with Crippen molar-refractivity contribution in [2.24, 2.45) is 5.10 Å². The highest BCUT2D eigenvalue weighted by Gasteiger charge is 1.98. The number of hydrogen-bond acceptors (Lipinski definition) is 3. The Morgan fingerprint density at radius 3 is 3.00 bits per heavy atom. The second-order valence-corrected chi connectivity index (χ2v) is 4.67. The van der Waals surface area contributed by atoms with E-state index in [1.54, 1.807) is 17.6 Å². The highest BCUT2D eigenvalue weighted by Crippen LogP contribution is 2.12. The lowest BCUT2D eigenvalue weighted by molar-refractivity contribution is -0.121. The number of hydrogen-bond donors (Lipinski definition) is 1. The van der Waals surface area contributed by atoms with Gasteiger partial charge in [0.2, 0.25) is 5.91 Å². The van der Waals surface area contributed by atoms with Gasteiger partial charge in [-0.1, -0.05) is 19.8 Å². The first kappa shape index (κ1) is 12.9. The van der Waals surface area contributed by atoms with E-state index in [-0.39, 0.29) is 5.91 Å². The van der Waals surface area contributed by atoms with Gasteiger partial charge < -0.3 is 0 Å². The molecule has 0 radical (unpaired) electrons. The highest BCUT2D eigenvalue weighted by molar-refractivity contribution is 7.11. The minimum absolute atomic E-state index is 0.00101. The Morgan fingerprint density at radius 2 is 2.38 bits per heavy atom. The molecule has 0 saturated heterocycles. The summed E-state index contributed by atoms with van der Waals surface area (Å²) in [7, 11) is 0. The summed E-state index contributed by atoms with van der Waals surface area (Å²) in [6, 6.07) is 2.04. The van der Waals surface area contributed by atoms with Gasteiger partial charge in [0, 0.05) is 11.3 Å². The molecule has 0 spiro atoms. The van der Waals surface area contributed by atoms with Crippen molar-refractivity contribution >= 4 is 23.5 Å². The number of thiophene rings is 1. The Kier molecular flexibility index (Phi) is 5.78. The van der Waals surface area contributed by atoms with Gasteiger partial charge in [0.25, 0.3) is 0 Å². The fraction of sp³-hybridized carbons (Fsp3) is 0.500. The number of aryl methyl sites for hydroxylation is 1. The molecule has 0 bridgehead atoms. The Hall–Kier alpha value is -1.16. The number of rotatable bonds is 6. The smallest absolute Gasteiger partial charge is 0.240 e. The van der Waals surface area contributed by atoms with E-state index < -0.39 is 0 Å². The summed E-state index contributed by atoms with van der Waals surface area (Å²) in [5.74, 6) is -0.00101. The summed E-state index contributed by atoms with van der Waals surface area (Å²) in [6.45, 7) is 4.15. The van der Waals surface area contributed by atoms with E-state index in [0.29, 0.717) is 6.42 Å². The fourth-order valence-electron chi connectivity index (χ4n) is 1.27. The predicted octanol–water partition coefficient (Wildman–Crippen LogP) is 3.09. The molecule has 1 N–H and O–H groups in total. The van der Waals surface area contributed by atoms with Gasteiger partial charge in [-0.15, -0.1) is 11.3 Å². The van der Waals surface area contributed by atoms with Crippen LogP contribution in [0.3, 0.4) is 0 Å². The van der Waals surface area contributed by atoms with Gasteiger partial charge in [-0.05, 0) is 30.4 Å². The van der Waals surface area contributed by atoms with E-state index in [2.05, 4.69) is 17.5 Å². The number of carbonyl (C=O) groups is 1. The van der Waals surface area contributed by atoms with Crippen LogP contribution in [0.5, 0.6) is 0 Å². The lowest BCUT2D eigenvalue weighted by atomic mass is 10.2. The second-order valence-electron chi connectivity index (χ2n) is 3.72. The van der Waals surface area contributed by atoms with Crippen LogP contribution in [0.15, 0.2) is 16.5 Å². The largest absolute Gasteiger partial charge is 0.273 e. The molecule has 1 aromatic rings. The van der Waals surface area contributed by atoms with E-state index in [0.717, 1.165) is 24.1 Å². The summed E-state index contributed by atoms with van der Waals surface area (Å²) in [5.41, 5.74) is 3.73. The Bertz CT molecular complexity index is 358. The number of hydrazone groups is 1. The van der Waals surface area contributed by atoms with Crippen LogP contribution in [0.2, 0.25) is 0 Å². The minimum atomic E-state index is -0.00101. The van der Waals surface area contributed by atoms with Gasteiger partial charge in [-0.3, -0.25) is 4.79 Å². The van der Waals surface area contributed by atoms with Crippen LogP contribution in [0.4, 0.5) is 0 Å². The molecular weight excluding hydrogens is 220 g/mol. The molecule has 88 valence electrons. The van der Waals surface area contributed by atoms with Crippen molar-refractivity contribution in [2.45, 2.75) is 39.5 Å². The Balaban J connectivity index is 2.26. The van der Waals surface area contributed by atoms with Gasteiger partial charge in [-0.25, -0.2) is 5.43 Å². The molecule has 4 heteroatoms. The first-order chi connectivity index (χ1) is 7.74. The summed E-state index contributed by atoms with van der Waals surface area (Å²) in [5, 5.41) is 5.95. The molecule has 16 heavy (non-hydrogen) atoms. The topological polar surface area (TPSA) is 41.5 Å². The van der Waals surface area contributed by atoms with Crippen LogP contribution in [-0.2, 0) is 4.79 Å². The van der Waals surface area contributed by atoms with E-state index >= 15 is 0 Å². The van der Waals surface area contributed by atoms with Crippen molar-refractivity contribution in [1.82, 2.24) is 5.43 Å². The van der Waals surface area contributed by atoms with Crippen molar-refractivity contribution in [3.63, 3.8) is 0 Å². The number of nitrogens with one attached hydrogen (secondary N) is 1. The van der Waals surface area contributed by atoms with Crippen molar-refractivity contribution in [1.29, 1.82) is 0 Å². The van der Waals surface area contributed by atoms with Crippen LogP contribution in [0.25, 0.3) is 0 Å². The van der Waals surface area contributed by atoms with Crippen molar-refractivity contribution < 1.29 is 4.79 Å². The minimum Gasteiger partial charge on any atom is -0.273 e. The van der Waals surface area contributed by atoms with Crippen LogP contribution >= 0.6 is 11.3 Å². The molecule has 0 aliphatic rings. The molecular formula is C12H18N2OS. The maximum atomic E-state index is 11.3.